The predicted octanol–water partition coefficient (Wildman–Crippen LogP) is 5.98. The highest BCUT2D eigenvalue weighted by molar-refractivity contribution is 6.30. The largest absolute Gasteiger partial charge is 0.487 e. The van der Waals surface area contributed by atoms with E-state index in [9.17, 15) is 20.0 Å². The van der Waals surface area contributed by atoms with Crippen molar-refractivity contribution in [1.82, 2.24) is 9.55 Å². The van der Waals surface area contributed by atoms with E-state index in [1.165, 1.54) is 6.07 Å². The number of carboxylic acids is 1. The second-order valence-corrected chi connectivity index (χ2v) is 9.19. The molecule has 2 heterocycles. The van der Waals surface area contributed by atoms with Crippen molar-refractivity contribution in [3.05, 3.63) is 110 Å². The van der Waals surface area contributed by atoms with E-state index in [0.29, 0.717) is 21.9 Å². The van der Waals surface area contributed by atoms with Gasteiger partial charge in [0.05, 0.1) is 24.2 Å². The van der Waals surface area contributed by atoms with Crippen LogP contribution in [0.2, 0.25) is 5.02 Å². The molecule has 5 aromatic rings. The number of carboxylic acid groups (broad SMARTS) is 1. The third-order valence-corrected chi connectivity index (χ3v) is 6.56. The van der Waals surface area contributed by atoms with Gasteiger partial charge < -0.3 is 14.4 Å². The molecule has 0 aliphatic rings. The molecule has 0 fully saturated rings. The van der Waals surface area contributed by atoms with Crippen LogP contribution in [0.5, 0.6) is 11.5 Å². The van der Waals surface area contributed by atoms with Gasteiger partial charge in [0.25, 0.3) is 5.09 Å². The molecule has 10 heteroatoms. The number of para-hydroxylation sites is 1. The van der Waals surface area contributed by atoms with Crippen LogP contribution >= 0.6 is 11.6 Å². The fourth-order valence-electron chi connectivity index (χ4n) is 4.54. The second kappa shape index (κ2) is 10.4. The molecule has 0 aliphatic heterocycles. The molecular weight excluding hydrogens is 510 g/mol. The number of carbonyl (C=O) groups is 1. The Labute approximate surface area is 221 Å². The molecule has 38 heavy (non-hydrogen) atoms. The number of ether oxygens (including phenoxy) is 1. The van der Waals surface area contributed by atoms with E-state index in [1.807, 2.05) is 60.0 Å². The minimum atomic E-state index is -0.970. The van der Waals surface area contributed by atoms with E-state index in [1.54, 1.807) is 18.2 Å². The summed E-state index contributed by atoms with van der Waals surface area (Å²) in [7, 11) is 0. The Morgan fingerprint density at radius 2 is 1.92 bits per heavy atom. The van der Waals surface area contributed by atoms with Crippen LogP contribution in [0.15, 0.2) is 72.8 Å². The maximum atomic E-state index is 11.7. The lowest BCUT2D eigenvalue weighted by Gasteiger charge is -2.13. The van der Waals surface area contributed by atoms with Crippen LogP contribution < -0.4 is 9.57 Å². The summed E-state index contributed by atoms with van der Waals surface area (Å²) in [5, 5.41) is 21.8. The number of aliphatic carboxylic acids is 1. The highest BCUT2D eigenvalue weighted by Gasteiger charge is 2.19. The van der Waals surface area contributed by atoms with Gasteiger partial charge in [0, 0.05) is 32.6 Å². The number of halogens is 1. The first-order chi connectivity index (χ1) is 18.3. The van der Waals surface area contributed by atoms with Crippen LogP contribution in [0.1, 0.15) is 22.5 Å². The maximum absolute atomic E-state index is 11.7. The average Bonchev–Trinajstić information content (AvgIpc) is 3.13. The molecule has 192 valence electrons. The summed E-state index contributed by atoms with van der Waals surface area (Å²) in [6.07, 6.45) is -0.191. The van der Waals surface area contributed by atoms with Gasteiger partial charge in [-0.3, -0.25) is 9.63 Å². The van der Waals surface area contributed by atoms with Gasteiger partial charge in [0.1, 0.15) is 18.1 Å². The SMILES string of the molecule is Cc1c(CC(=O)O)c2cc(OCc3ccc4ccccc4n3)ccc2n1Cc1ccc(Cl)cc1O[N+](=O)[O-]. The number of pyridine rings is 1. The Kier molecular flexibility index (Phi) is 6.85. The summed E-state index contributed by atoms with van der Waals surface area (Å²) in [6.45, 7) is 2.28. The molecule has 0 amide bonds. The number of aromatic nitrogens is 2. The van der Waals surface area contributed by atoms with Gasteiger partial charge in [0.15, 0.2) is 0 Å². The molecule has 0 saturated heterocycles. The van der Waals surface area contributed by atoms with Gasteiger partial charge >= 0.3 is 5.97 Å². The fourth-order valence-corrected chi connectivity index (χ4v) is 4.70. The van der Waals surface area contributed by atoms with Crippen molar-refractivity contribution in [3.63, 3.8) is 0 Å². The molecule has 0 atom stereocenters. The van der Waals surface area contributed by atoms with Crippen molar-refractivity contribution in [2.45, 2.75) is 26.5 Å². The van der Waals surface area contributed by atoms with E-state index in [2.05, 4.69) is 4.98 Å². The minimum Gasteiger partial charge on any atom is -0.487 e. The smallest absolute Gasteiger partial charge is 0.307 e. The zero-order valence-corrected chi connectivity index (χ0v) is 21.0. The van der Waals surface area contributed by atoms with Crippen molar-refractivity contribution in [2.24, 2.45) is 0 Å². The monoisotopic (exact) mass is 531 g/mol. The van der Waals surface area contributed by atoms with E-state index in [0.717, 1.165) is 33.2 Å². The molecule has 0 spiro atoms. The summed E-state index contributed by atoms with van der Waals surface area (Å²) in [6, 6.07) is 21.9. The first kappa shape index (κ1) is 25.0. The van der Waals surface area contributed by atoms with Crippen LogP contribution in [-0.2, 0) is 24.4 Å². The topological polar surface area (TPSA) is 117 Å². The van der Waals surface area contributed by atoms with Crippen molar-refractivity contribution < 1.29 is 24.6 Å². The number of hydrogen-bond acceptors (Lipinski definition) is 6. The zero-order chi connectivity index (χ0) is 26.8. The third-order valence-electron chi connectivity index (χ3n) is 6.33. The van der Waals surface area contributed by atoms with Gasteiger partial charge in [-0.05, 0) is 55.0 Å². The van der Waals surface area contributed by atoms with E-state index < -0.39 is 11.1 Å². The first-order valence-electron chi connectivity index (χ1n) is 11.7. The standard InChI is InChI=1S/C28H22ClN3O6/c1-17-23(14-28(33)34)24-13-22(37-16-21-9-7-18-4-2-3-5-25(18)30-21)10-11-26(24)31(17)15-19-6-8-20(29)12-27(19)38-32(35)36/h2-13H,14-16H2,1H3,(H,33,34). The van der Waals surface area contributed by atoms with Gasteiger partial charge in [-0.2, -0.15) is 0 Å². The maximum Gasteiger partial charge on any atom is 0.307 e. The van der Waals surface area contributed by atoms with Crippen LogP contribution in [-0.4, -0.2) is 25.7 Å². The van der Waals surface area contributed by atoms with Crippen LogP contribution in [0.25, 0.3) is 21.8 Å². The van der Waals surface area contributed by atoms with Crippen molar-refractivity contribution in [1.29, 1.82) is 0 Å². The Hall–Kier alpha value is -4.63. The average molecular weight is 532 g/mol. The minimum absolute atomic E-state index is 0.0198. The van der Waals surface area contributed by atoms with Crippen molar-refractivity contribution in [2.75, 3.05) is 0 Å². The fraction of sp³-hybridized carbons (Fsp3) is 0.143. The molecule has 0 saturated carbocycles. The van der Waals surface area contributed by atoms with E-state index in [-0.39, 0.29) is 25.3 Å². The lowest BCUT2D eigenvalue weighted by molar-refractivity contribution is -0.711. The molecule has 3 aromatic carbocycles. The van der Waals surface area contributed by atoms with Crippen LogP contribution in [0.3, 0.4) is 0 Å². The number of nitrogens with zero attached hydrogens (tertiary/aromatic N) is 3. The Morgan fingerprint density at radius 1 is 1.11 bits per heavy atom. The Morgan fingerprint density at radius 3 is 2.71 bits per heavy atom. The molecule has 5 rings (SSSR count). The molecule has 2 aromatic heterocycles. The summed E-state index contributed by atoms with van der Waals surface area (Å²) in [5.41, 5.74) is 4.28. The molecule has 0 aliphatic carbocycles. The Balaban J connectivity index is 1.49. The number of hydrogen-bond donors (Lipinski definition) is 1. The number of fused-ring (bicyclic) bond motifs is 2. The normalized spacial score (nSPS) is 11.1. The van der Waals surface area contributed by atoms with Crippen LogP contribution in [0.4, 0.5) is 0 Å². The summed E-state index contributed by atoms with van der Waals surface area (Å²) in [4.78, 5) is 32.1. The predicted molar refractivity (Wildman–Crippen MR) is 142 cm³/mol. The van der Waals surface area contributed by atoms with Gasteiger partial charge in [-0.15, -0.1) is 10.1 Å². The number of rotatable bonds is 9. The van der Waals surface area contributed by atoms with Crippen molar-refractivity contribution >= 4 is 39.4 Å². The zero-order valence-electron chi connectivity index (χ0n) is 20.3. The van der Waals surface area contributed by atoms with Crippen molar-refractivity contribution in [3.8, 4) is 11.5 Å². The summed E-state index contributed by atoms with van der Waals surface area (Å²) in [5.74, 6) is -0.380. The third kappa shape index (κ3) is 5.23. The lowest BCUT2D eigenvalue weighted by atomic mass is 10.1. The molecule has 1 N–H and O–H groups in total. The Bertz CT molecular complexity index is 1700. The van der Waals surface area contributed by atoms with Gasteiger partial charge in [-0.1, -0.05) is 41.9 Å². The summed E-state index contributed by atoms with van der Waals surface area (Å²) >= 11 is 6.02. The molecular formula is C28H22ClN3O6. The number of benzene rings is 3. The second-order valence-electron chi connectivity index (χ2n) is 8.75. The molecule has 0 bridgehead atoms. The highest BCUT2D eigenvalue weighted by atomic mass is 35.5. The van der Waals surface area contributed by atoms with E-state index in [4.69, 9.17) is 21.2 Å². The first-order valence-corrected chi connectivity index (χ1v) is 12.1. The van der Waals surface area contributed by atoms with Gasteiger partial charge in [0.2, 0.25) is 0 Å². The summed E-state index contributed by atoms with van der Waals surface area (Å²) < 4.78 is 7.92. The quantitative estimate of drug-likeness (QED) is 0.184. The molecule has 9 nitrogen and oxygen atoms in total. The lowest BCUT2D eigenvalue weighted by Crippen LogP contribution is -2.09. The highest BCUT2D eigenvalue weighted by Crippen LogP contribution is 2.33. The molecule has 0 unspecified atom stereocenters. The van der Waals surface area contributed by atoms with Crippen LogP contribution in [0, 0.1) is 17.0 Å². The van der Waals surface area contributed by atoms with E-state index >= 15 is 0 Å². The van der Waals surface area contributed by atoms with Gasteiger partial charge in [-0.25, -0.2) is 4.98 Å². The molecule has 0 radical (unpaired) electrons.